The van der Waals surface area contributed by atoms with Crippen molar-refractivity contribution >= 4 is 65.4 Å². The van der Waals surface area contributed by atoms with E-state index in [0.717, 1.165) is 154 Å². The molecule has 0 saturated heterocycles. The van der Waals surface area contributed by atoms with Crippen molar-refractivity contribution in [2.24, 2.45) is 205 Å². The molecular formula is C102H180N16O16. The predicted molar refractivity (Wildman–Crippen MR) is 520 cm³/mol. The summed E-state index contributed by atoms with van der Waals surface area (Å²) in [6.45, 7) is 28.8. The van der Waals surface area contributed by atoms with Crippen LogP contribution in [0.15, 0.2) is 20.0 Å². The zero-order valence-electron chi connectivity index (χ0n) is 83.7. The Morgan fingerprint density at radius 2 is 0.560 bits per heavy atom. The summed E-state index contributed by atoms with van der Waals surface area (Å²) in [5.41, 5.74) is 44.4. The van der Waals surface area contributed by atoms with Crippen molar-refractivity contribution in [1.29, 1.82) is 0 Å². The van der Waals surface area contributed by atoms with E-state index < -0.39 is 48.0 Å². The zero-order chi connectivity index (χ0) is 98.1. The quantitative estimate of drug-likeness (QED) is 0.00896. The van der Waals surface area contributed by atoms with Gasteiger partial charge in [-0.3, -0.25) is 39.1 Å². The summed E-state index contributed by atoms with van der Waals surface area (Å²) in [5.74, 6) is 5.34. The number of fused-ring (bicyclic) bond motifs is 15. The average Bonchev–Trinajstić information content (AvgIpc) is 1.46. The lowest BCUT2D eigenvalue weighted by Crippen LogP contribution is -2.58. The van der Waals surface area contributed by atoms with Gasteiger partial charge in [0.05, 0.1) is 56.4 Å². The molecule has 0 aliphatic heterocycles. The fourth-order valence-electron chi connectivity index (χ4n) is 31.0. The minimum absolute atomic E-state index is 0.0113. The molecule has 32 nitrogen and oxygen atoms in total. The maximum absolute atomic E-state index is 13.6. The van der Waals surface area contributed by atoms with E-state index in [9.17, 15) is 64.2 Å². The number of esters is 3. The number of nitrogens with two attached hydrogens (primary N) is 8. The molecule has 12 saturated carbocycles. The molecule has 34 atom stereocenters. The maximum atomic E-state index is 13.6. The molecule has 0 heterocycles. The molecule has 12 fully saturated rings. The second-order valence-corrected chi connectivity index (χ2v) is 45.4. The van der Waals surface area contributed by atoms with Gasteiger partial charge in [0.15, 0.2) is 23.8 Å². The Kier molecular flexibility index (Phi) is 39.4. The molecule has 1 unspecified atom stereocenters. The predicted octanol–water partition coefficient (Wildman–Crippen LogP) is 9.02. The van der Waals surface area contributed by atoms with Crippen LogP contribution in [-0.4, -0.2) is 203 Å². The number of guanidine groups is 4. The molecule has 12 aliphatic carbocycles. The Bertz CT molecular complexity index is 3830. The van der Waals surface area contributed by atoms with Gasteiger partial charge in [-0.2, -0.15) is 0 Å². The Balaban J connectivity index is 0.000000210. The molecule has 12 aliphatic rings. The molecule has 0 aromatic heterocycles. The Hall–Kier alpha value is -6.87. The van der Waals surface area contributed by atoms with Crippen LogP contribution in [0.3, 0.4) is 0 Å². The summed E-state index contributed by atoms with van der Waals surface area (Å²) in [6.07, 6.45) is 29.6. The molecule has 0 radical (unpaired) electrons. The van der Waals surface area contributed by atoms with E-state index in [-0.39, 0.29) is 150 Å². The van der Waals surface area contributed by atoms with Gasteiger partial charge in [0.25, 0.3) is 0 Å². The SMILES string of the molecule is CCOC(=O)C(CCCN=C(N)N)NC(=O)[C@H](CCCN=C(N)N)NC(=O)CC[C@@H](C)[C@H]1CC[C@H]2[C@@H]3[C@H](O)C[C@@H]4C[C@H](O)CC[C@]4(C)[C@H]3CC[C@]12C.CCOC(=O)[C@H](CCCN=C(N)N)NC(=O)CC[C@@H](C)[C@H]1CC[C@H]2[C@@H]3[C@@H](O)C[C@@H]4C[C@H](O)CC[C@]4(C)[C@H]3CC[C@]12C.CCOC(=O)[C@H](CCCN=C(N)N)NC(=O)CC[C@@H](C)[C@H]1CC[C@H]2[C@@H]3[C@H](O)C[C@@H]4C[C@H](O)CC[C@]4(C)[C@H]3CC[C@]12C. The molecule has 4 amide bonds. The van der Waals surface area contributed by atoms with E-state index >= 15 is 0 Å². The number of nitrogens with one attached hydrogen (secondary N) is 4. The lowest BCUT2D eigenvalue weighted by molar-refractivity contribution is -0.174. The summed E-state index contributed by atoms with van der Waals surface area (Å²) >= 11 is 0. The van der Waals surface area contributed by atoms with Crippen LogP contribution < -0.4 is 67.1 Å². The van der Waals surface area contributed by atoms with Crippen LogP contribution in [0, 0.1) is 139 Å². The van der Waals surface area contributed by atoms with Crippen molar-refractivity contribution in [3.05, 3.63) is 0 Å². The molecule has 0 aromatic carbocycles. The highest BCUT2D eigenvalue weighted by atomic mass is 16.5. The Morgan fingerprint density at radius 3 is 0.821 bits per heavy atom. The number of rotatable bonds is 39. The molecule has 0 bridgehead atoms. The highest BCUT2D eigenvalue weighted by Crippen LogP contribution is 2.72. The van der Waals surface area contributed by atoms with Gasteiger partial charge in [-0.1, -0.05) is 62.3 Å². The van der Waals surface area contributed by atoms with Crippen molar-refractivity contribution in [2.75, 3.05) is 46.0 Å². The van der Waals surface area contributed by atoms with Crippen molar-refractivity contribution in [1.82, 2.24) is 21.3 Å². The van der Waals surface area contributed by atoms with Crippen LogP contribution in [-0.2, 0) is 47.8 Å². The van der Waals surface area contributed by atoms with Gasteiger partial charge in [0.2, 0.25) is 23.6 Å². The van der Waals surface area contributed by atoms with E-state index in [1.165, 1.54) is 12.8 Å². The third-order valence-electron chi connectivity index (χ3n) is 37.9. The summed E-state index contributed by atoms with van der Waals surface area (Å²) < 4.78 is 15.6. The number of aliphatic hydroxyl groups is 6. The normalized spacial score (nSPS) is 37.3. The van der Waals surface area contributed by atoms with Crippen molar-refractivity contribution in [2.45, 2.75) is 388 Å². The van der Waals surface area contributed by atoms with Gasteiger partial charge in [-0.25, -0.2) is 14.4 Å². The zero-order valence-corrected chi connectivity index (χ0v) is 83.7. The fraction of sp³-hybridized carbons (Fsp3) is 0.892. The van der Waals surface area contributed by atoms with Crippen LogP contribution in [0.5, 0.6) is 0 Å². The third-order valence-corrected chi connectivity index (χ3v) is 37.9. The van der Waals surface area contributed by atoms with Crippen LogP contribution >= 0.6 is 0 Å². The van der Waals surface area contributed by atoms with Crippen LogP contribution in [0.1, 0.15) is 327 Å². The van der Waals surface area contributed by atoms with Gasteiger partial charge in [-0.15, -0.1) is 0 Å². The number of nitrogens with zero attached hydrogens (tertiary/aromatic N) is 4. The van der Waals surface area contributed by atoms with Gasteiger partial charge in [0, 0.05) is 45.4 Å². The second-order valence-electron chi connectivity index (χ2n) is 45.4. The monoisotopic (exact) mass is 1890 g/mol. The molecule has 12 rings (SSSR count). The Labute approximate surface area is 799 Å². The van der Waals surface area contributed by atoms with Gasteiger partial charge < -0.3 is 112 Å². The maximum Gasteiger partial charge on any atom is 0.328 e. The number of aliphatic hydroxyl groups excluding tert-OH is 6. The van der Waals surface area contributed by atoms with Crippen molar-refractivity contribution in [3.63, 3.8) is 0 Å². The lowest BCUT2D eigenvalue weighted by atomic mass is 9.43. The van der Waals surface area contributed by atoms with Gasteiger partial charge in [0.1, 0.15) is 24.2 Å². The smallest absolute Gasteiger partial charge is 0.328 e. The minimum Gasteiger partial charge on any atom is -0.464 e. The number of hydrogen-bond acceptors (Lipinski definition) is 20. The summed E-state index contributed by atoms with van der Waals surface area (Å²) in [4.78, 5) is 107. The van der Waals surface area contributed by atoms with E-state index in [1.807, 2.05) is 0 Å². The molecular weight excluding hydrogens is 1710 g/mol. The molecule has 134 heavy (non-hydrogen) atoms. The molecule has 0 aromatic rings. The second kappa shape index (κ2) is 48.3. The van der Waals surface area contributed by atoms with E-state index in [2.05, 4.69) is 104 Å². The third kappa shape index (κ3) is 26.0. The summed E-state index contributed by atoms with van der Waals surface area (Å²) in [7, 11) is 0. The van der Waals surface area contributed by atoms with Crippen molar-refractivity contribution < 1.29 is 78.4 Å². The fourth-order valence-corrected chi connectivity index (χ4v) is 31.0. The van der Waals surface area contributed by atoms with E-state index in [4.69, 9.17) is 60.1 Å². The first-order valence-electron chi connectivity index (χ1n) is 52.4. The Morgan fingerprint density at radius 1 is 0.321 bits per heavy atom. The average molecular weight is 1890 g/mol. The molecule has 26 N–H and O–H groups in total. The minimum atomic E-state index is -0.925. The van der Waals surface area contributed by atoms with E-state index in [0.29, 0.717) is 190 Å². The van der Waals surface area contributed by atoms with Crippen LogP contribution in [0.4, 0.5) is 0 Å². The first-order valence-corrected chi connectivity index (χ1v) is 52.4. The standard InChI is InChI=1S/C38H68N8O6.2C32H56N4O5/c1-5-52-34(51)29(9-7-19-44-36(41)42)46-33(50)28(8-6-18-43-35(39)40)45-31(49)13-10-22(2)25-11-12-26-32-27(15-17-38(25,26)4)37(3)16-14-24(47)20-23(37)21-30(32)48;2*1-5-41-29(40)25(7-6-16-35-30(33)34)36-27(39)11-8-19(2)22-9-10-23-28-24(13-15-32(22,23)4)31(3)14-12-21(37)17-20(31)18-26(28)38/h22-30,32,47-48H,5-21H2,1-4H3,(H,45,49)(H,46,50)(H4,39,40,43)(H4,41,42,44);2*19-26,28,37-38H,5-18H2,1-4H3,(H,36,39)(H4,33,34,35)/t22-,23+,24-,25-,26+,27+,28+,29?,30-,32+,37+,38-;19-,20+,21-,22-,23+,24+,25+,26+,28+,31+,32-;19-,20+,21-,22-,23+,24+,25+,26-,28+,31+,32-/m111/s1. The van der Waals surface area contributed by atoms with Crippen LogP contribution in [0.25, 0.3) is 0 Å². The number of amides is 4. The number of aliphatic imine (C=N–C) groups is 4. The molecule has 0 spiro atoms. The molecule has 32 heteroatoms. The van der Waals surface area contributed by atoms with Gasteiger partial charge in [-0.05, 0) is 385 Å². The largest absolute Gasteiger partial charge is 0.464 e. The highest BCUT2D eigenvalue weighted by Gasteiger charge is 2.67. The number of carbonyl (C=O) groups excluding carboxylic acids is 7. The highest BCUT2D eigenvalue weighted by molar-refractivity contribution is 5.91. The van der Waals surface area contributed by atoms with Gasteiger partial charge >= 0.3 is 17.9 Å². The number of carbonyl (C=O) groups is 7. The van der Waals surface area contributed by atoms with Crippen LogP contribution in [0.2, 0.25) is 0 Å². The topological polar surface area (TPSA) is 574 Å². The summed E-state index contributed by atoms with van der Waals surface area (Å²) in [6, 6.07) is -3.22. The number of hydrogen-bond donors (Lipinski definition) is 18. The summed E-state index contributed by atoms with van der Waals surface area (Å²) in [5, 5.41) is 77.2. The first kappa shape index (κ1) is 109. The van der Waals surface area contributed by atoms with E-state index in [1.54, 1.807) is 20.8 Å². The van der Waals surface area contributed by atoms with Crippen molar-refractivity contribution in [3.8, 4) is 0 Å². The molecule has 764 valence electrons. The number of ether oxygens (including phenoxy) is 3. The first-order chi connectivity index (χ1) is 63.4. The lowest BCUT2D eigenvalue weighted by Gasteiger charge is -2.62.